The number of nitrogens with two attached hydrogens (primary N) is 1. The fourth-order valence-corrected chi connectivity index (χ4v) is 1.16. The van der Waals surface area contributed by atoms with Crippen LogP contribution in [0.5, 0.6) is 5.75 Å². The summed E-state index contributed by atoms with van der Waals surface area (Å²) < 4.78 is 0. The molecule has 6 N–H and O–H groups in total. The first-order valence-electron chi connectivity index (χ1n) is 5.46. The van der Waals surface area contributed by atoms with E-state index < -0.39 is 22.3 Å². The second kappa shape index (κ2) is 8.09. The number of phenols is 1. The monoisotopic (exact) mass is 297 g/mol. The molecule has 0 saturated carbocycles. The van der Waals surface area contributed by atoms with Gasteiger partial charge in [-0.2, -0.15) is 5.10 Å². The first-order chi connectivity index (χ1) is 9.66. The molecule has 1 aromatic carbocycles. The van der Waals surface area contributed by atoms with Crippen LogP contribution in [0.1, 0.15) is 18.1 Å². The Morgan fingerprint density at radius 1 is 1.57 bits per heavy atom. The van der Waals surface area contributed by atoms with E-state index in [2.05, 4.69) is 10.5 Å². The number of nitro benzene ring substituents is 1. The van der Waals surface area contributed by atoms with Gasteiger partial charge in [-0.15, -0.1) is 0 Å². The average molecular weight is 297 g/mol. The van der Waals surface area contributed by atoms with Gasteiger partial charge in [-0.05, 0) is 18.6 Å². The smallest absolute Gasteiger partial charge is 0.319 e. The van der Waals surface area contributed by atoms with Crippen LogP contribution in [0, 0.1) is 22.4 Å². The Labute approximate surface area is 119 Å². The Bertz CT molecular complexity index is 581. The highest BCUT2D eigenvalue weighted by Gasteiger charge is 2.20. The number of hydrazone groups is 1. The molecule has 0 fully saturated rings. The van der Waals surface area contributed by atoms with Crippen molar-refractivity contribution < 1.29 is 19.9 Å². The largest absolute Gasteiger partial charge is 0.502 e. The molecule has 0 radical (unpaired) electrons. The lowest BCUT2D eigenvalue weighted by Gasteiger charge is -2.02. The number of guanidine groups is 1. The number of rotatable bonds is 3. The summed E-state index contributed by atoms with van der Waals surface area (Å²) >= 11 is 0. The number of phenolic OH excluding ortho intramolecular Hbond substituents is 1. The SMILES string of the molecule is CC(=O)O.Cc1ccc(C=NNC(=N)N)c([N+](=O)[O-])c1O. The summed E-state index contributed by atoms with van der Waals surface area (Å²) in [7, 11) is 0. The third kappa shape index (κ3) is 6.52. The highest BCUT2D eigenvalue weighted by molar-refractivity contribution is 5.88. The van der Waals surface area contributed by atoms with Gasteiger partial charge in [-0.3, -0.25) is 20.3 Å². The number of nitrogens with zero attached hydrogens (tertiary/aromatic N) is 2. The minimum atomic E-state index is -0.833. The van der Waals surface area contributed by atoms with Crippen molar-refractivity contribution in [3.05, 3.63) is 33.4 Å². The summed E-state index contributed by atoms with van der Waals surface area (Å²) in [5, 5.41) is 38.1. The molecular formula is C11H15N5O5. The van der Waals surface area contributed by atoms with Gasteiger partial charge in [0.15, 0.2) is 5.75 Å². The Balaban J connectivity index is 0.000000885. The molecule has 0 atom stereocenters. The maximum atomic E-state index is 10.8. The van der Waals surface area contributed by atoms with Crippen molar-refractivity contribution >= 4 is 23.8 Å². The van der Waals surface area contributed by atoms with Gasteiger partial charge in [0.05, 0.1) is 16.7 Å². The van der Waals surface area contributed by atoms with Gasteiger partial charge in [0.25, 0.3) is 5.97 Å². The van der Waals surface area contributed by atoms with Crippen molar-refractivity contribution in [2.75, 3.05) is 0 Å². The Kier molecular flexibility index (Phi) is 6.87. The van der Waals surface area contributed by atoms with Crippen LogP contribution in [0.4, 0.5) is 5.69 Å². The van der Waals surface area contributed by atoms with Gasteiger partial charge in [0, 0.05) is 6.92 Å². The lowest BCUT2D eigenvalue weighted by atomic mass is 10.1. The normalized spacial score (nSPS) is 9.62. The van der Waals surface area contributed by atoms with E-state index in [0.717, 1.165) is 13.1 Å². The number of nitrogens with one attached hydrogen (secondary N) is 2. The maximum Gasteiger partial charge on any atom is 0.319 e. The molecule has 0 amide bonds. The van der Waals surface area contributed by atoms with E-state index in [0.29, 0.717) is 5.56 Å². The number of carbonyl (C=O) groups is 1. The summed E-state index contributed by atoms with van der Waals surface area (Å²) in [4.78, 5) is 19.1. The van der Waals surface area contributed by atoms with Crippen molar-refractivity contribution in [2.45, 2.75) is 13.8 Å². The molecule has 0 aliphatic rings. The fourth-order valence-electron chi connectivity index (χ4n) is 1.16. The minimum absolute atomic E-state index is 0.117. The number of aryl methyl sites for hydroxylation is 1. The number of aliphatic carboxylic acids is 1. The molecule has 21 heavy (non-hydrogen) atoms. The third-order valence-electron chi connectivity index (χ3n) is 1.96. The van der Waals surface area contributed by atoms with Crippen molar-refractivity contribution in [1.82, 2.24) is 5.43 Å². The number of carboxylic acid groups (broad SMARTS) is 1. The Hall–Kier alpha value is -3.17. The average Bonchev–Trinajstić information content (AvgIpc) is 2.32. The fraction of sp³-hybridized carbons (Fsp3) is 0.182. The molecule has 10 heteroatoms. The summed E-state index contributed by atoms with van der Waals surface area (Å²) in [6.45, 7) is 2.64. The molecule has 0 aliphatic heterocycles. The maximum absolute atomic E-state index is 10.8. The molecule has 0 heterocycles. The first-order valence-corrected chi connectivity index (χ1v) is 5.46. The molecule has 0 spiro atoms. The van der Waals surface area contributed by atoms with E-state index in [-0.39, 0.29) is 11.5 Å². The van der Waals surface area contributed by atoms with Crippen LogP contribution < -0.4 is 11.2 Å². The highest BCUT2D eigenvalue weighted by Crippen LogP contribution is 2.31. The van der Waals surface area contributed by atoms with Gasteiger partial charge < -0.3 is 15.9 Å². The second-order valence-electron chi connectivity index (χ2n) is 3.73. The molecule has 0 unspecified atom stereocenters. The number of carboxylic acids is 1. The molecule has 10 nitrogen and oxygen atoms in total. The van der Waals surface area contributed by atoms with Crippen LogP contribution in [-0.4, -0.2) is 33.3 Å². The topological polar surface area (TPSA) is 175 Å². The molecule has 1 aromatic rings. The predicted octanol–water partition coefficient (Wildman–Crippen LogP) is 0.517. The standard InChI is InChI=1S/C9H11N5O3.C2H4O2/c1-5-2-3-6(4-12-13-9(10)11)7(8(5)15)14(16)17;1-2(3)4/h2-4,15H,1H3,(H4,10,11,13);1H3,(H,3,4). The van der Waals surface area contributed by atoms with E-state index in [1.165, 1.54) is 12.1 Å². The number of nitro groups is 1. The molecule has 1 rings (SSSR count). The number of aromatic hydroxyl groups is 1. The lowest BCUT2D eigenvalue weighted by Crippen LogP contribution is -2.25. The van der Waals surface area contributed by atoms with Gasteiger partial charge in [-0.1, -0.05) is 6.07 Å². The van der Waals surface area contributed by atoms with Crippen LogP contribution in [0.15, 0.2) is 17.2 Å². The van der Waals surface area contributed by atoms with Gasteiger partial charge in [-0.25, -0.2) is 5.43 Å². The van der Waals surface area contributed by atoms with Crippen molar-refractivity contribution in [3.63, 3.8) is 0 Å². The van der Waals surface area contributed by atoms with E-state index >= 15 is 0 Å². The zero-order chi connectivity index (χ0) is 16.6. The van der Waals surface area contributed by atoms with Crippen molar-refractivity contribution in [3.8, 4) is 5.75 Å². The first kappa shape index (κ1) is 17.8. The number of hydrogen-bond acceptors (Lipinski definition) is 6. The molecule has 0 aromatic heterocycles. The molecular weight excluding hydrogens is 282 g/mol. The summed E-state index contributed by atoms with van der Waals surface area (Å²) in [6.07, 6.45) is 1.11. The van der Waals surface area contributed by atoms with Crippen molar-refractivity contribution in [2.24, 2.45) is 10.8 Å². The zero-order valence-electron chi connectivity index (χ0n) is 11.3. The van der Waals surface area contributed by atoms with E-state index in [4.69, 9.17) is 21.0 Å². The summed E-state index contributed by atoms with van der Waals surface area (Å²) in [5.74, 6) is -1.62. The van der Waals surface area contributed by atoms with Gasteiger partial charge in [0.2, 0.25) is 5.96 Å². The van der Waals surface area contributed by atoms with Gasteiger partial charge in [0.1, 0.15) is 0 Å². The summed E-state index contributed by atoms with van der Waals surface area (Å²) in [6, 6.07) is 2.97. The molecule has 114 valence electrons. The minimum Gasteiger partial charge on any atom is -0.502 e. The molecule has 0 aliphatic carbocycles. The summed E-state index contributed by atoms with van der Waals surface area (Å²) in [5.41, 5.74) is 7.19. The van der Waals surface area contributed by atoms with Crippen LogP contribution in [0.2, 0.25) is 0 Å². The van der Waals surface area contributed by atoms with Gasteiger partial charge >= 0.3 is 5.69 Å². The third-order valence-corrected chi connectivity index (χ3v) is 1.96. The Morgan fingerprint density at radius 2 is 2.10 bits per heavy atom. The number of benzene rings is 1. The van der Waals surface area contributed by atoms with E-state index in [1.807, 2.05) is 0 Å². The van der Waals surface area contributed by atoms with Crippen LogP contribution in [0.3, 0.4) is 0 Å². The molecule has 0 bridgehead atoms. The number of hydrogen-bond donors (Lipinski definition) is 5. The van der Waals surface area contributed by atoms with Crippen LogP contribution in [0.25, 0.3) is 0 Å². The molecule has 0 saturated heterocycles. The lowest BCUT2D eigenvalue weighted by molar-refractivity contribution is -0.386. The van der Waals surface area contributed by atoms with Crippen molar-refractivity contribution in [1.29, 1.82) is 5.41 Å². The quantitative estimate of drug-likeness (QED) is 0.234. The van der Waals surface area contributed by atoms with E-state index in [9.17, 15) is 15.2 Å². The van der Waals surface area contributed by atoms with Crippen LogP contribution >= 0.6 is 0 Å². The Morgan fingerprint density at radius 3 is 2.52 bits per heavy atom. The van der Waals surface area contributed by atoms with E-state index in [1.54, 1.807) is 6.92 Å². The van der Waals surface area contributed by atoms with Crippen LogP contribution in [-0.2, 0) is 4.79 Å². The zero-order valence-corrected chi connectivity index (χ0v) is 11.3. The highest BCUT2D eigenvalue weighted by atomic mass is 16.6. The predicted molar refractivity (Wildman–Crippen MR) is 75.5 cm³/mol. The second-order valence-corrected chi connectivity index (χ2v) is 3.73.